The maximum Gasteiger partial charge on any atom is 0.416 e. The molecule has 3 fully saturated rings. The van der Waals surface area contributed by atoms with Crippen molar-refractivity contribution < 1.29 is 27.4 Å². The summed E-state index contributed by atoms with van der Waals surface area (Å²) in [6, 6.07) is 14.9. The van der Waals surface area contributed by atoms with Crippen LogP contribution in [0.25, 0.3) is 11.1 Å². The highest BCUT2D eigenvalue weighted by Gasteiger charge is 2.41. The number of aromatic nitrogens is 1. The van der Waals surface area contributed by atoms with Crippen molar-refractivity contribution in [2.45, 2.75) is 76.2 Å². The highest BCUT2D eigenvalue weighted by Crippen LogP contribution is 2.41. The minimum atomic E-state index is -4.48. The standard InChI is InChI=1S/C33H36F3N3O3/c1-21-31(24-10-6-11-25(18-24)33(34,35)36)42-32(40)39(21)20-28-26(13-15-30(37-28)38-16-7-17-38)27-19-23(12-14-29(27)41-2)22-8-4-3-5-9-22/h6,10-15,18-19,21-22,31H,3-5,7-9,16-17,20H2,1-2H3. The number of anilines is 1. The molecule has 3 aliphatic rings. The van der Waals surface area contributed by atoms with Crippen LogP contribution in [0.5, 0.6) is 5.75 Å². The number of nitrogens with zero attached hydrogens (tertiary/aromatic N) is 3. The monoisotopic (exact) mass is 579 g/mol. The molecule has 2 aromatic carbocycles. The fourth-order valence-corrected chi connectivity index (χ4v) is 6.42. The van der Waals surface area contributed by atoms with Gasteiger partial charge in [0, 0.05) is 24.2 Å². The molecule has 222 valence electrons. The van der Waals surface area contributed by atoms with Gasteiger partial charge in [0.15, 0.2) is 0 Å². The molecule has 6 rings (SSSR count). The first-order chi connectivity index (χ1) is 20.2. The van der Waals surface area contributed by atoms with Crippen LogP contribution in [0.4, 0.5) is 23.8 Å². The lowest BCUT2D eigenvalue weighted by Gasteiger charge is -2.33. The van der Waals surface area contributed by atoms with Gasteiger partial charge in [-0.2, -0.15) is 13.2 Å². The van der Waals surface area contributed by atoms with Crippen LogP contribution in [0.1, 0.15) is 79.9 Å². The number of pyridine rings is 1. The van der Waals surface area contributed by atoms with Crippen molar-refractivity contribution in [3.63, 3.8) is 0 Å². The Morgan fingerprint density at radius 2 is 1.74 bits per heavy atom. The lowest BCUT2D eigenvalue weighted by Crippen LogP contribution is -2.38. The fourth-order valence-electron chi connectivity index (χ4n) is 6.42. The first-order valence-corrected chi connectivity index (χ1v) is 14.8. The Balaban J connectivity index is 1.35. The largest absolute Gasteiger partial charge is 0.496 e. The van der Waals surface area contributed by atoms with E-state index >= 15 is 0 Å². The minimum Gasteiger partial charge on any atom is -0.496 e. The molecule has 1 aliphatic carbocycles. The Morgan fingerprint density at radius 3 is 2.43 bits per heavy atom. The Morgan fingerprint density at radius 1 is 0.952 bits per heavy atom. The number of amides is 1. The molecular formula is C33H36F3N3O3. The molecule has 1 amide bonds. The number of alkyl halides is 3. The lowest BCUT2D eigenvalue weighted by atomic mass is 9.83. The summed E-state index contributed by atoms with van der Waals surface area (Å²) in [7, 11) is 1.65. The second-order valence-corrected chi connectivity index (χ2v) is 11.6. The Bertz CT molecular complexity index is 1450. The molecule has 9 heteroatoms. The maximum absolute atomic E-state index is 13.4. The van der Waals surface area contributed by atoms with E-state index in [1.54, 1.807) is 25.0 Å². The molecule has 0 spiro atoms. The highest BCUT2D eigenvalue weighted by atomic mass is 19.4. The lowest BCUT2D eigenvalue weighted by molar-refractivity contribution is -0.137. The van der Waals surface area contributed by atoms with Gasteiger partial charge in [-0.1, -0.05) is 37.5 Å². The third-order valence-corrected chi connectivity index (χ3v) is 8.98. The summed E-state index contributed by atoms with van der Waals surface area (Å²) < 4.78 is 51.7. The topological polar surface area (TPSA) is 54.9 Å². The zero-order valence-electron chi connectivity index (χ0n) is 24.0. The second-order valence-electron chi connectivity index (χ2n) is 11.6. The number of benzene rings is 2. The molecule has 3 aromatic rings. The molecule has 2 saturated heterocycles. The number of carbonyl (C=O) groups excluding carboxylic acids is 1. The molecule has 42 heavy (non-hydrogen) atoms. The quantitative estimate of drug-likeness (QED) is 0.283. The van der Waals surface area contributed by atoms with E-state index in [1.165, 1.54) is 43.7 Å². The van der Waals surface area contributed by atoms with Crippen molar-refractivity contribution in [3.8, 4) is 16.9 Å². The summed E-state index contributed by atoms with van der Waals surface area (Å²) in [6.45, 7) is 3.81. The zero-order chi connectivity index (χ0) is 29.4. The number of ether oxygens (including phenoxy) is 2. The summed E-state index contributed by atoms with van der Waals surface area (Å²) in [5, 5.41) is 0. The molecular weight excluding hydrogens is 543 g/mol. The van der Waals surface area contributed by atoms with Gasteiger partial charge in [0.05, 0.1) is 31.0 Å². The van der Waals surface area contributed by atoms with Gasteiger partial charge in [-0.05, 0) is 79.6 Å². The SMILES string of the molecule is COc1ccc(C2CCCCC2)cc1-c1ccc(N2CCC2)nc1CN1C(=O)OC(c2cccc(C(F)(F)F)c2)C1C. The Hall–Kier alpha value is -3.75. The Kier molecular flexibility index (Phi) is 7.77. The van der Waals surface area contributed by atoms with E-state index in [-0.39, 0.29) is 6.54 Å². The molecule has 0 radical (unpaired) electrons. The van der Waals surface area contributed by atoms with Crippen LogP contribution >= 0.6 is 0 Å². The minimum absolute atomic E-state index is 0.156. The van der Waals surface area contributed by atoms with Crippen LogP contribution in [0, 0.1) is 0 Å². The molecule has 1 aromatic heterocycles. The van der Waals surface area contributed by atoms with Crippen LogP contribution in [0.15, 0.2) is 54.6 Å². The third-order valence-electron chi connectivity index (χ3n) is 8.98. The third kappa shape index (κ3) is 5.53. The molecule has 6 nitrogen and oxygen atoms in total. The van der Waals surface area contributed by atoms with Gasteiger partial charge in [-0.3, -0.25) is 4.90 Å². The van der Waals surface area contributed by atoms with Gasteiger partial charge >= 0.3 is 12.3 Å². The number of halogens is 3. The fraction of sp³-hybridized carbons (Fsp3) is 0.455. The van der Waals surface area contributed by atoms with E-state index in [0.717, 1.165) is 54.3 Å². The number of hydrogen-bond acceptors (Lipinski definition) is 5. The number of carbonyl (C=O) groups is 1. The molecule has 0 N–H and O–H groups in total. The van der Waals surface area contributed by atoms with Crippen molar-refractivity contribution >= 4 is 11.9 Å². The van der Waals surface area contributed by atoms with Gasteiger partial charge < -0.3 is 14.4 Å². The zero-order valence-corrected chi connectivity index (χ0v) is 24.0. The van der Waals surface area contributed by atoms with Crippen molar-refractivity contribution in [3.05, 3.63) is 77.0 Å². The highest BCUT2D eigenvalue weighted by molar-refractivity contribution is 5.76. The van der Waals surface area contributed by atoms with Crippen LogP contribution in [-0.2, 0) is 17.5 Å². The normalized spacial score (nSPS) is 21.3. The summed E-state index contributed by atoms with van der Waals surface area (Å²) >= 11 is 0. The summed E-state index contributed by atoms with van der Waals surface area (Å²) in [6.07, 6.45) is 1.28. The first-order valence-electron chi connectivity index (χ1n) is 14.8. The van der Waals surface area contributed by atoms with Crippen LogP contribution in [0.2, 0.25) is 0 Å². The van der Waals surface area contributed by atoms with Crippen LogP contribution in [-0.4, -0.2) is 42.2 Å². The van der Waals surface area contributed by atoms with Crippen LogP contribution < -0.4 is 9.64 Å². The van der Waals surface area contributed by atoms with Gasteiger partial charge in [0.2, 0.25) is 0 Å². The molecule has 2 atom stereocenters. The van der Waals surface area contributed by atoms with Gasteiger partial charge in [0.1, 0.15) is 17.7 Å². The van der Waals surface area contributed by atoms with Gasteiger partial charge in [0.25, 0.3) is 0 Å². The van der Waals surface area contributed by atoms with E-state index in [4.69, 9.17) is 14.5 Å². The number of cyclic esters (lactones) is 1. The van der Waals surface area contributed by atoms with Gasteiger partial charge in [-0.25, -0.2) is 9.78 Å². The molecule has 2 aliphatic heterocycles. The summed E-state index contributed by atoms with van der Waals surface area (Å²) in [5.41, 5.74) is 3.33. The van der Waals surface area contributed by atoms with Crippen LogP contribution in [0.3, 0.4) is 0 Å². The molecule has 0 bridgehead atoms. The Labute approximate surface area is 244 Å². The maximum atomic E-state index is 13.4. The number of rotatable bonds is 7. The van der Waals surface area contributed by atoms with E-state index in [2.05, 4.69) is 23.1 Å². The molecule has 1 saturated carbocycles. The number of hydrogen-bond donors (Lipinski definition) is 0. The van der Waals surface area contributed by atoms with E-state index in [9.17, 15) is 18.0 Å². The molecule has 2 unspecified atom stereocenters. The van der Waals surface area contributed by atoms with Gasteiger partial charge in [-0.15, -0.1) is 0 Å². The summed E-state index contributed by atoms with van der Waals surface area (Å²) in [5.74, 6) is 2.08. The van der Waals surface area contributed by atoms with E-state index < -0.39 is 30.0 Å². The van der Waals surface area contributed by atoms with Crippen molar-refractivity contribution in [1.82, 2.24) is 9.88 Å². The van der Waals surface area contributed by atoms with Crippen molar-refractivity contribution in [2.24, 2.45) is 0 Å². The van der Waals surface area contributed by atoms with Crippen molar-refractivity contribution in [2.75, 3.05) is 25.1 Å². The predicted molar refractivity (Wildman–Crippen MR) is 155 cm³/mol. The van der Waals surface area contributed by atoms with E-state index in [1.807, 2.05) is 12.1 Å². The summed E-state index contributed by atoms with van der Waals surface area (Å²) in [4.78, 5) is 22.0. The second kappa shape index (κ2) is 11.5. The first kappa shape index (κ1) is 28.4. The predicted octanol–water partition coefficient (Wildman–Crippen LogP) is 8.12. The average Bonchev–Trinajstić information content (AvgIpc) is 3.25. The molecule has 3 heterocycles. The number of methoxy groups -OCH3 is 1. The smallest absolute Gasteiger partial charge is 0.416 e. The average molecular weight is 580 g/mol. The van der Waals surface area contributed by atoms with Crippen molar-refractivity contribution in [1.29, 1.82) is 0 Å². The van der Waals surface area contributed by atoms with E-state index in [0.29, 0.717) is 17.2 Å².